The molecule has 0 spiro atoms. The smallest absolute Gasteiger partial charge is 0.429 e. The molecule has 0 aliphatic carbocycles. The molecule has 1 atom stereocenters. The molecule has 1 unspecified atom stereocenters. The van der Waals surface area contributed by atoms with Gasteiger partial charge in [-0.1, -0.05) is 23.7 Å². The SMILES string of the molecule is COc1ccc2c(c1)C(C(F)(F)F)O/C2=C\c1ccc(Cl)cc1. The van der Waals surface area contributed by atoms with Gasteiger partial charge in [0.1, 0.15) is 11.5 Å². The highest BCUT2D eigenvalue weighted by Gasteiger charge is 2.48. The van der Waals surface area contributed by atoms with Gasteiger partial charge in [-0.15, -0.1) is 0 Å². The maximum absolute atomic E-state index is 13.2. The van der Waals surface area contributed by atoms with Crippen molar-refractivity contribution < 1.29 is 22.6 Å². The summed E-state index contributed by atoms with van der Waals surface area (Å²) in [5, 5.41) is 0.554. The number of fused-ring (bicyclic) bond motifs is 1. The fourth-order valence-corrected chi connectivity index (χ4v) is 2.55. The molecule has 1 aliphatic heterocycles. The van der Waals surface area contributed by atoms with Crippen LogP contribution >= 0.6 is 11.6 Å². The van der Waals surface area contributed by atoms with Crippen LogP contribution in [-0.4, -0.2) is 13.3 Å². The summed E-state index contributed by atoms with van der Waals surface area (Å²) in [4.78, 5) is 0. The molecule has 2 aromatic carbocycles. The van der Waals surface area contributed by atoms with Crippen LogP contribution < -0.4 is 4.74 Å². The molecule has 0 N–H and O–H groups in total. The summed E-state index contributed by atoms with van der Waals surface area (Å²) >= 11 is 5.81. The second-order valence-electron chi connectivity index (χ2n) is 5.05. The van der Waals surface area contributed by atoms with Crippen molar-refractivity contribution in [2.24, 2.45) is 0 Å². The van der Waals surface area contributed by atoms with Crippen LogP contribution in [0.4, 0.5) is 13.2 Å². The summed E-state index contributed by atoms with van der Waals surface area (Å²) in [7, 11) is 1.41. The van der Waals surface area contributed by atoms with Crippen molar-refractivity contribution in [2.45, 2.75) is 12.3 Å². The number of ether oxygens (including phenoxy) is 2. The average Bonchev–Trinajstić information content (AvgIpc) is 2.87. The molecule has 6 heteroatoms. The van der Waals surface area contributed by atoms with Crippen molar-refractivity contribution in [3.05, 3.63) is 64.2 Å². The molecule has 2 aromatic rings. The lowest BCUT2D eigenvalue weighted by Crippen LogP contribution is -2.19. The number of alkyl halides is 3. The van der Waals surface area contributed by atoms with E-state index in [1.54, 1.807) is 42.5 Å². The lowest BCUT2D eigenvalue weighted by atomic mass is 10.0. The van der Waals surface area contributed by atoms with Crippen LogP contribution in [0.3, 0.4) is 0 Å². The number of benzene rings is 2. The van der Waals surface area contributed by atoms with Crippen LogP contribution in [0.1, 0.15) is 22.8 Å². The monoisotopic (exact) mass is 340 g/mol. The Kier molecular flexibility index (Phi) is 3.98. The minimum absolute atomic E-state index is 0.0528. The predicted octanol–water partition coefficient (Wildman–Crippen LogP) is 5.48. The van der Waals surface area contributed by atoms with Crippen molar-refractivity contribution in [1.82, 2.24) is 0 Å². The van der Waals surface area contributed by atoms with Gasteiger partial charge in [0.15, 0.2) is 0 Å². The largest absolute Gasteiger partial charge is 0.497 e. The van der Waals surface area contributed by atoms with E-state index in [4.69, 9.17) is 21.1 Å². The van der Waals surface area contributed by atoms with Crippen LogP contribution in [0.5, 0.6) is 5.75 Å². The summed E-state index contributed by atoms with van der Waals surface area (Å²) in [5.41, 5.74) is 1.16. The molecule has 0 fully saturated rings. The Morgan fingerprint density at radius 2 is 1.83 bits per heavy atom. The Hall–Kier alpha value is -2.14. The maximum Gasteiger partial charge on any atom is 0.429 e. The zero-order valence-electron chi connectivity index (χ0n) is 12.0. The van der Waals surface area contributed by atoms with E-state index >= 15 is 0 Å². The Morgan fingerprint density at radius 3 is 2.43 bits per heavy atom. The van der Waals surface area contributed by atoms with Crippen molar-refractivity contribution in [3.63, 3.8) is 0 Å². The second-order valence-corrected chi connectivity index (χ2v) is 5.49. The van der Waals surface area contributed by atoms with E-state index in [2.05, 4.69) is 0 Å². The summed E-state index contributed by atoms with van der Waals surface area (Å²) in [6, 6.07) is 11.3. The third kappa shape index (κ3) is 3.15. The number of methoxy groups -OCH3 is 1. The molecule has 0 amide bonds. The van der Waals surface area contributed by atoms with Crippen LogP contribution in [0, 0.1) is 0 Å². The fraction of sp³-hybridized carbons (Fsp3) is 0.176. The zero-order valence-corrected chi connectivity index (χ0v) is 12.8. The fourth-order valence-electron chi connectivity index (χ4n) is 2.43. The highest BCUT2D eigenvalue weighted by Crippen LogP contribution is 2.48. The van der Waals surface area contributed by atoms with E-state index in [1.807, 2.05) is 0 Å². The minimum Gasteiger partial charge on any atom is -0.497 e. The van der Waals surface area contributed by atoms with Gasteiger partial charge >= 0.3 is 6.18 Å². The molecule has 2 nitrogen and oxygen atoms in total. The third-order valence-corrected chi connectivity index (χ3v) is 3.77. The molecular weight excluding hydrogens is 329 g/mol. The summed E-state index contributed by atoms with van der Waals surface area (Å²) in [5.74, 6) is 0.529. The molecule has 120 valence electrons. The summed E-state index contributed by atoms with van der Waals surface area (Å²) in [6.07, 6.45) is -4.93. The van der Waals surface area contributed by atoms with E-state index in [9.17, 15) is 13.2 Å². The van der Waals surface area contributed by atoms with E-state index in [-0.39, 0.29) is 11.3 Å². The standard InChI is InChI=1S/C17H12ClF3O2/c1-22-12-6-7-13-14(9-12)16(17(19,20)21)23-15(13)8-10-2-4-11(18)5-3-10/h2-9,16H,1H3/b15-8-. The van der Waals surface area contributed by atoms with Gasteiger partial charge in [-0.25, -0.2) is 0 Å². The lowest BCUT2D eigenvalue weighted by Gasteiger charge is -2.15. The van der Waals surface area contributed by atoms with Gasteiger partial charge in [0, 0.05) is 16.1 Å². The topological polar surface area (TPSA) is 18.5 Å². The van der Waals surface area contributed by atoms with E-state index in [1.165, 1.54) is 13.2 Å². The Labute approximate surface area is 136 Å². The normalized spacial score (nSPS) is 18.7. The van der Waals surface area contributed by atoms with Crippen molar-refractivity contribution in [1.29, 1.82) is 0 Å². The summed E-state index contributed by atoms with van der Waals surface area (Å²) < 4.78 is 49.9. The van der Waals surface area contributed by atoms with E-state index in [0.717, 1.165) is 0 Å². The van der Waals surface area contributed by atoms with Gasteiger partial charge in [0.25, 0.3) is 0 Å². The van der Waals surface area contributed by atoms with Gasteiger partial charge in [0.05, 0.1) is 7.11 Å². The molecule has 3 rings (SSSR count). The molecule has 0 aromatic heterocycles. The first-order valence-electron chi connectivity index (χ1n) is 6.77. The molecule has 0 saturated heterocycles. The average molecular weight is 341 g/mol. The van der Waals surface area contributed by atoms with E-state index in [0.29, 0.717) is 21.9 Å². The van der Waals surface area contributed by atoms with Crippen LogP contribution in [-0.2, 0) is 4.74 Å². The molecule has 0 radical (unpaired) electrons. The third-order valence-electron chi connectivity index (χ3n) is 3.52. The van der Waals surface area contributed by atoms with Gasteiger partial charge in [-0.05, 0) is 42.0 Å². The molecule has 1 aliphatic rings. The first kappa shape index (κ1) is 15.7. The van der Waals surface area contributed by atoms with Crippen molar-refractivity contribution >= 4 is 23.4 Å². The Balaban J connectivity index is 2.06. The van der Waals surface area contributed by atoms with Crippen LogP contribution in [0.15, 0.2) is 42.5 Å². The van der Waals surface area contributed by atoms with Crippen LogP contribution in [0.2, 0.25) is 5.02 Å². The van der Waals surface area contributed by atoms with Crippen molar-refractivity contribution in [3.8, 4) is 5.75 Å². The number of halogens is 4. The van der Waals surface area contributed by atoms with Crippen LogP contribution in [0.25, 0.3) is 11.8 Å². The minimum atomic E-state index is -4.50. The predicted molar refractivity (Wildman–Crippen MR) is 82.2 cm³/mol. The first-order chi connectivity index (χ1) is 10.9. The molecular formula is C17H12ClF3O2. The number of hydrogen-bond donors (Lipinski definition) is 0. The molecule has 23 heavy (non-hydrogen) atoms. The van der Waals surface area contributed by atoms with Gasteiger partial charge in [0.2, 0.25) is 6.10 Å². The highest BCUT2D eigenvalue weighted by molar-refractivity contribution is 6.30. The highest BCUT2D eigenvalue weighted by atomic mass is 35.5. The van der Waals surface area contributed by atoms with Gasteiger partial charge in [-0.2, -0.15) is 13.2 Å². The maximum atomic E-state index is 13.2. The van der Waals surface area contributed by atoms with E-state index < -0.39 is 12.3 Å². The second kappa shape index (κ2) is 5.81. The first-order valence-corrected chi connectivity index (χ1v) is 7.15. The zero-order chi connectivity index (χ0) is 16.6. The molecule has 0 saturated carbocycles. The number of rotatable bonds is 2. The molecule has 1 heterocycles. The summed E-state index contributed by atoms with van der Waals surface area (Å²) in [6.45, 7) is 0. The lowest BCUT2D eigenvalue weighted by molar-refractivity contribution is -0.201. The van der Waals surface area contributed by atoms with Gasteiger partial charge in [-0.3, -0.25) is 0 Å². The Morgan fingerprint density at radius 1 is 1.13 bits per heavy atom. The van der Waals surface area contributed by atoms with Gasteiger partial charge < -0.3 is 9.47 Å². The van der Waals surface area contributed by atoms with Crippen molar-refractivity contribution in [2.75, 3.05) is 7.11 Å². The quantitative estimate of drug-likeness (QED) is 0.720. The number of hydrogen-bond acceptors (Lipinski definition) is 2. The Bertz CT molecular complexity index is 751. The molecule has 0 bridgehead atoms.